The summed E-state index contributed by atoms with van der Waals surface area (Å²) in [4.78, 5) is 0. The van der Waals surface area contributed by atoms with E-state index in [0.717, 1.165) is 6.07 Å². The van der Waals surface area contributed by atoms with Gasteiger partial charge < -0.3 is 9.84 Å². The molecule has 1 heterocycles. The molecule has 1 aliphatic heterocycles. The quantitative estimate of drug-likeness (QED) is 0.851. The molecule has 0 spiro atoms. The third-order valence-electron chi connectivity index (χ3n) is 3.60. The minimum Gasteiger partial charge on any atom is -0.485 e. The van der Waals surface area contributed by atoms with Crippen molar-refractivity contribution in [2.24, 2.45) is 0 Å². The van der Waals surface area contributed by atoms with Crippen molar-refractivity contribution < 1.29 is 23.0 Å². The van der Waals surface area contributed by atoms with Crippen molar-refractivity contribution in [3.63, 3.8) is 0 Å². The third kappa shape index (κ3) is 2.61. The van der Waals surface area contributed by atoms with Crippen molar-refractivity contribution in [1.82, 2.24) is 0 Å². The number of aliphatic hydroxyl groups is 1. The van der Waals surface area contributed by atoms with Gasteiger partial charge in [-0.25, -0.2) is 0 Å². The van der Waals surface area contributed by atoms with E-state index in [2.05, 4.69) is 0 Å². The van der Waals surface area contributed by atoms with Gasteiger partial charge in [-0.1, -0.05) is 36.4 Å². The molecule has 21 heavy (non-hydrogen) atoms. The molecule has 2 aromatic rings. The average Bonchev–Trinajstić information content (AvgIpc) is 2.46. The van der Waals surface area contributed by atoms with E-state index in [1.807, 2.05) is 0 Å². The van der Waals surface area contributed by atoms with Crippen LogP contribution in [0.3, 0.4) is 0 Å². The van der Waals surface area contributed by atoms with Gasteiger partial charge in [0.05, 0.1) is 11.7 Å². The van der Waals surface area contributed by atoms with Gasteiger partial charge in [0.25, 0.3) is 0 Å². The van der Waals surface area contributed by atoms with Crippen LogP contribution in [0.4, 0.5) is 13.2 Å². The Labute approximate surface area is 119 Å². The van der Waals surface area contributed by atoms with Gasteiger partial charge in [-0.2, -0.15) is 13.2 Å². The van der Waals surface area contributed by atoms with Crippen LogP contribution in [-0.4, -0.2) is 5.11 Å². The molecule has 1 N–H and O–H groups in total. The maximum absolute atomic E-state index is 13.1. The minimum absolute atomic E-state index is 0.0542. The molecule has 2 nitrogen and oxygen atoms in total. The van der Waals surface area contributed by atoms with E-state index in [1.165, 1.54) is 12.1 Å². The van der Waals surface area contributed by atoms with E-state index in [4.69, 9.17) is 4.74 Å². The minimum atomic E-state index is -4.44. The van der Waals surface area contributed by atoms with Crippen LogP contribution in [0.1, 0.15) is 35.3 Å². The maximum Gasteiger partial charge on any atom is 0.416 e. The largest absolute Gasteiger partial charge is 0.485 e. The van der Waals surface area contributed by atoms with Crippen LogP contribution >= 0.6 is 0 Å². The molecule has 2 aromatic carbocycles. The Morgan fingerprint density at radius 2 is 1.57 bits per heavy atom. The van der Waals surface area contributed by atoms with Crippen molar-refractivity contribution in [3.8, 4) is 5.75 Å². The second-order valence-electron chi connectivity index (χ2n) is 4.98. The van der Waals surface area contributed by atoms with Crippen LogP contribution in [0.15, 0.2) is 48.5 Å². The smallest absolute Gasteiger partial charge is 0.416 e. The topological polar surface area (TPSA) is 29.5 Å². The number of alkyl halides is 3. The lowest BCUT2D eigenvalue weighted by atomic mass is 9.92. The highest BCUT2D eigenvalue weighted by Gasteiger charge is 2.37. The Bertz CT molecular complexity index is 652. The van der Waals surface area contributed by atoms with E-state index in [0.29, 0.717) is 11.3 Å². The Hall–Kier alpha value is -2.01. The fraction of sp³-hybridized carbons (Fsp3) is 0.250. The predicted octanol–water partition coefficient (Wildman–Crippen LogP) is 4.26. The van der Waals surface area contributed by atoms with E-state index >= 15 is 0 Å². The number of rotatable bonds is 1. The predicted molar refractivity (Wildman–Crippen MR) is 70.8 cm³/mol. The second kappa shape index (κ2) is 5.07. The molecular formula is C16H13F3O2. The second-order valence-corrected chi connectivity index (χ2v) is 4.98. The van der Waals surface area contributed by atoms with Crippen LogP contribution in [0.5, 0.6) is 5.75 Å². The molecule has 1 unspecified atom stereocenters. The Kier molecular flexibility index (Phi) is 3.37. The summed E-state index contributed by atoms with van der Waals surface area (Å²) in [5.41, 5.74) is -0.0571. The normalized spacial score (nSPS) is 21.5. The van der Waals surface area contributed by atoms with Crippen LogP contribution in [0.25, 0.3) is 0 Å². The first-order chi connectivity index (χ1) is 9.97. The molecule has 3 rings (SSSR count). The zero-order valence-corrected chi connectivity index (χ0v) is 11.0. The lowest BCUT2D eigenvalue weighted by Gasteiger charge is -2.31. The van der Waals surface area contributed by atoms with Crippen molar-refractivity contribution in [1.29, 1.82) is 0 Å². The summed E-state index contributed by atoms with van der Waals surface area (Å²) in [7, 11) is 0. The highest BCUT2D eigenvalue weighted by Crippen LogP contribution is 2.43. The summed E-state index contributed by atoms with van der Waals surface area (Å²) in [5, 5.41) is 10.1. The molecule has 0 saturated carbocycles. The van der Waals surface area contributed by atoms with Crippen LogP contribution in [0.2, 0.25) is 0 Å². The summed E-state index contributed by atoms with van der Waals surface area (Å²) < 4.78 is 44.9. The summed E-state index contributed by atoms with van der Waals surface area (Å²) >= 11 is 0. The van der Waals surface area contributed by atoms with Crippen molar-refractivity contribution in [2.75, 3.05) is 0 Å². The first kappa shape index (κ1) is 13.9. The lowest BCUT2D eigenvalue weighted by Crippen LogP contribution is -2.22. The summed E-state index contributed by atoms with van der Waals surface area (Å²) in [5.74, 6) is 0.429. The number of ether oxygens (including phenoxy) is 1. The fourth-order valence-electron chi connectivity index (χ4n) is 2.62. The van der Waals surface area contributed by atoms with Gasteiger partial charge in [-0.05, 0) is 12.1 Å². The molecule has 0 amide bonds. The Balaban J connectivity index is 2.01. The number of fused-ring (bicyclic) bond motifs is 1. The maximum atomic E-state index is 13.1. The molecule has 0 saturated heterocycles. The van der Waals surface area contributed by atoms with Gasteiger partial charge in [0.15, 0.2) is 0 Å². The Morgan fingerprint density at radius 3 is 2.29 bits per heavy atom. The molecule has 0 fully saturated rings. The number of hydrogen-bond donors (Lipinski definition) is 1. The fourth-order valence-corrected chi connectivity index (χ4v) is 2.62. The highest BCUT2D eigenvalue weighted by atomic mass is 19.4. The lowest BCUT2D eigenvalue weighted by molar-refractivity contribution is -0.139. The van der Waals surface area contributed by atoms with Crippen molar-refractivity contribution in [3.05, 3.63) is 65.2 Å². The number of hydrogen-bond acceptors (Lipinski definition) is 2. The van der Waals surface area contributed by atoms with Gasteiger partial charge >= 0.3 is 6.18 Å². The van der Waals surface area contributed by atoms with Gasteiger partial charge in [-0.15, -0.1) is 0 Å². The van der Waals surface area contributed by atoms with E-state index in [-0.39, 0.29) is 12.0 Å². The van der Waals surface area contributed by atoms with E-state index in [9.17, 15) is 18.3 Å². The number of para-hydroxylation sites is 1. The highest BCUT2D eigenvalue weighted by molar-refractivity contribution is 5.40. The molecular weight excluding hydrogens is 281 g/mol. The molecule has 1 aliphatic rings. The number of aliphatic hydroxyl groups excluding tert-OH is 1. The van der Waals surface area contributed by atoms with Gasteiger partial charge in [0, 0.05) is 17.5 Å². The first-order valence-corrected chi connectivity index (χ1v) is 6.56. The third-order valence-corrected chi connectivity index (χ3v) is 3.60. The zero-order valence-electron chi connectivity index (χ0n) is 11.0. The van der Waals surface area contributed by atoms with E-state index < -0.39 is 23.9 Å². The monoisotopic (exact) mass is 294 g/mol. The molecule has 0 aromatic heterocycles. The van der Waals surface area contributed by atoms with Crippen LogP contribution < -0.4 is 4.74 Å². The summed E-state index contributed by atoms with van der Waals surface area (Å²) in [6.07, 6.45) is -5.99. The number of halogens is 3. The molecule has 5 heteroatoms. The van der Waals surface area contributed by atoms with Gasteiger partial charge in [0.1, 0.15) is 11.9 Å². The van der Waals surface area contributed by atoms with Crippen LogP contribution in [-0.2, 0) is 6.18 Å². The average molecular weight is 294 g/mol. The zero-order chi connectivity index (χ0) is 15.0. The van der Waals surface area contributed by atoms with Gasteiger partial charge in [-0.3, -0.25) is 0 Å². The standard InChI is InChI=1S/C16H13F3O2/c17-16(18,19)12-7-3-1-5-10(12)15-9-13(20)11-6-2-4-8-14(11)21-15/h1-8,13,15,20H,9H2/t13-,15?/m0/s1. The molecule has 0 bridgehead atoms. The van der Waals surface area contributed by atoms with Crippen LogP contribution in [0, 0.1) is 0 Å². The SMILES string of the molecule is O[C@H]1CC(c2ccccc2C(F)(F)F)Oc2ccccc21. The van der Waals surface area contributed by atoms with Crippen molar-refractivity contribution in [2.45, 2.75) is 24.8 Å². The Morgan fingerprint density at radius 1 is 0.952 bits per heavy atom. The molecule has 110 valence electrons. The summed E-state index contributed by atoms with van der Waals surface area (Å²) in [6, 6.07) is 12.2. The van der Waals surface area contributed by atoms with E-state index in [1.54, 1.807) is 30.3 Å². The molecule has 0 radical (unpaired) electrons. The number of benzene rings is 2. The van der Waals surface area contributed by atoms with Crippen molar-refractivity contribution >= 4 is 0 Å². The summed E-state index contributed by atoms with van der Waals surface area (Å²) in [6.45, 7) is 0. The molecule has 2 atom stereocenters. The first-order valence-electron chi connectivity index (χ1n) is 6.56. The van der Waals surface area contributed by atoms with Gasteiger partial charge in [0.2, 0.25) is 0 Å². The molecule has 0 aliphatic carbocycles.